The lowest BCUT2D eigenvalue weighted by Crippen LogP contribution is -2.39. The third-order valence-corrected chi connectivity index (χ3v) is 7.12. The van der Waals surface area contributed by atoms with Crippen molar-refractivity contribution in [3.05, 3.63) is 70.9 Å². The Morgan fingerprint density at radius 1 is 1.06 bits per heavy atom. The smallest absolute Gasteiger partial charge is 0.271 e. The van der Waals surface area contributed by atoms with Crippen LogP contribution in [0.25, 0.3) is 10.4 Å². The summed E-state index contributed by atoms with van der Waals surface area (Å²) in [4.78, 5) is 21.3. The Labute approximate surface area is 200 Å². The molecule has 1 aromatic heterocycles. The third kappa shape index (κ3) is 6.01. The van der Waals surface area contributed by atoms with E-state index in [1.54, 1.807) is 11.3 Å². The average Bonchev–Trinajstić information content (AvgIpc) is 3.04. The van der Waals surface area contributed by atoms with Gasteiger partial charge in [0.25, 0.3) is 5.91 Å². The van der Waals surface area contributed by atoms with Gasteiger partial charge in [-0.1, -0.05) is 55.3 Å². The number of rotatable bonds is 8. The molecule has 1 atom stereocenters. The summed E-state index contributed by atoms with van der Waals surface area (Å²) in [6, 6.07) is 18.5. The highest BCUT2D eigenvalue weighted by atomic mass is 32.1. The number of carbonyl (C=O) groups is 1. The number of hydrogen-bond acceptors (Lipinski definition) is 5. The minimum absolute atomic E-state index is 0.107. The molecule has 1 saturated heterocycles. The molecular weight excluding hydrogens is 430 g/mol. The van der Waals surface area contributed by atoms with Gasteiger partial charge in [0.05, 0.1) is 22.5 Å². The number of thiazole rings is 1. The van der Waals surface area contributed by atoms with Crippen molar-refractivity contribution in [2.75, 3.05) is 26.2 Å². The van der Waals surface area contributed by atoms with E-state index in [2.05, 4.69) is 27.3 Å². The van der Waals surface area contributed by atoms with Crippen molar-refractivity contribution >= 4 is 17.2 Å². The molecule has 1 unspecified atom stereocenters. The number of nitrogens with one attached hydrogen (secondary N) is 1. The zero-order chi connectivity index (χ0) is 23.0. The fourth-order valence-corrected chi connectivity index (χ4v) is 5.38. The van der Waals surface area contributed by atoms with Crippen LogP contribution < -0.4 is 10.1 Å². The lowest BCUT2D eigenvalue weighted by Gasteiger charge is -2.31. The summed E-state index contributed by atoms with van der Waals surface area (Å²) >= 11 is 1.57. The predicted octanol–water partition coefficient (Wildman–Crippen LogP) is 5.86. The Morgan fingerprint density at radius 3 is 2.42 bits per heavy atom. The van der Waals surface area contributed by atoms with Gasteiger partial charge < -0.3 is 10.1 Å². The first-order valence-electron chi connectivity index (χ1n) is 11.9. The SMILES string of the molecule is CCOc1ccc(C(CNC(=O)c2nc(C)sc2-c2ccccc2)N2CCCCCC2)cc1. The molecule has 1 amide bonds. The topological polar surface area (TPSA) is 54.5 Å². The van der Waals surface area contributed by atoms with Crippen LogP contribution in [-0.2, 0) is 0 Å². The number of nitrogens with zero attached hydrogens (tertiary/aromatic N) is 2. The number of aromatic nitrogens is 1. The van der Waals surface area contributed by atoms with E-state index in [4.69, 9.17) is 4.74 Å². The number of benzene rings is 2. The van der Waals surface area contributed by atoms with Gasteiger partial charge >= 0.3 is 0 Å². The van der Waals surface area contributed by atoms with Gasteiger partial charge in [0.2, 0.25) is 0 Å². The second kappa shape index (κ2) is 11.4. The summed E-state index contributed by atoms with van der Waals surface area (Å²) in [6.07, 6.45) is 4.95. The lowest BCUT2D eigenvalue weighted by atomic mass is 10.0. The first-order chi connectivity index (χ1) is 16.2. The highest BCUT2D eigenvalue weighted by Crippen LogP contribution is 2.30. The van der Waals surface area contributed by atoms with Crippen LogP contribution in [0.2, 0.25) is 0 Å². The Hall–Kier alpha value is -2.70. The highest BCUT2D eigenvalue weighted by Gasteiger charge is 2.24. The zero-order valence-corrected chi connectivity index (χ0v) is 20.4. The van der Waals surface area contributed by atoms with Crippen molar-refractivity contribution in [2.24, 2.45) is 0 Å². The molecule has 0 aliphatic carbocycles. The Bertz CT molecular complexity index is 1030. The van der Waals surface area contributed by atoms with Gasteiger partial charge in [-0.3, -0.25) is 9.69 Å². The van der Waals surface area contributed by atoms with E-state index in [9.17, 15) is 4.79 Å². The summed E-state index contributed by atoms with van der Waals surface area (Å²) in [5, 5.41) is 4.11. The molecule has 1 aliphatic heterocycles. The van der Waals surface area contributed by atoms with Crippen molar-refractivity contribution < 1.29 is 9.53 Å². The average molecular weight is 464 g/mol. The van der Waals surface area contributed by atoms with Crippen LogP contribution in [0.4, 0.5) is 0 Å². The molecule has 1 aliphatic rings. The largest absolute Gasteiger partial charge is 0.494 e. The summed E-state index contributed by atoms with van der Waals surface area (Å²) in [7, 11) is 0. The molecule has 0 spiro atoms. The second-order valence-electron chi connectivity index (χ2n) is 8.45. The van der Waals surface area contributed by atoms with E-state index in [-0.39, 0.29) is 11.9 Å². The van der Waals surface area contributed by atoms with Gasteiger partial charge in [-0.2, -0.15) is 0 Å². The minimum atomic E-state index is -0.107. The molecule has 2 heterocycles. The van der Waals surface area contributed by atoms with Crippen LogP contribution in [0.3, 0.4) is 0 Å². The monoisotopic (exact) mass is 463 g/mol. The number of carbonyl (C=O) groups excluding carboxylic acids is 1. The molecule has 0 saturated carbocycles. The molecule has 1 fully saturated rings. The van der Waals surface area contributed by atoms with E-state index in [1.807, 2.05) is 56.3 Å². The Morgan fingerprint density at radius 2 is 1.76 bits per heavy atom. The molecular formula is C27H33N3O2S. The predicted molar refractivity (Wildman–Crippen MR) is 135 cm³/mol. The van der Waals surface area contributed by atoms with Crippen LogP contribution in [0.5, 0.6) is 5.75 Å². The van der Waals surface area contributed by atoms with Gasteiger partial charge in [0, 0.05) is 6.54 Å². The van der Waals surface area contributed by atoms with Gasteiger partial charge in [-0.15, -0.1) is 11.3 Å². The fourth-order valence-electron chi connectivity index (χ4n) is 4.46. The van der Waals surface area contributed by atoms with Gasteiger partial charge in [-0.05, 0) is 63.0 Å². The van der Waals surface area contributed by atoms with E-state index in [1.165, 1.54) is 31.2 Å². The van der Waals surface area contributed by atoms with Crippen LogP contribution in [0.1, 0.15) is 59.7 Å². The maximum absolute atomic E-state index is 13.3. The van der Waals surface area contributed by atoms with E-state index < -0.39 is 0 Å². The molecule has 2 aromatic carbocycles. The molecule has 4 rings (SSSR count). The van der Waals surface area contributed by atoms with Gasteiger partial charge in [-0.25, -0.2) is 4.98 Å². The molecule has 5 nitrogen and oxygen atoms in total. The summed E-state index contributed by atoms with van der Waals surface area (Å²) < 4.78 is 5.63. The third-order valence-electron chi connectivity index (χ3n) is 6.10. The molecule has 33 heavy (non-hydrogen) atoms. The van der Waals surface area contributed by atoms with Crippen molar-refractivity contribution in [3.8, 4) is 16.2 Å². The number of likely N-dealkylation sites (tertiary alicyclic amines) is 1. The van der Waals surface area contributed by atoms with E-state index >= 15 is 0 Å². The first kappa shape index (κ1) is 23.5. The Balaban J connectivity index is 1.54. The molecule has 174 valence electrons. The Kier molecular flexibility index (Phi) is 8.13. The minimum Gasteiger partial charge on any atom is -0.494 e. The first-order valence-corrected chi connectivity index (χ1v) is 12.7. The molecule has 0 radical (unpaired) electrons. The number of amides is 1. The van der Waals surface area contributed by atoms with Crippen LogP contribution in [-0.4, -0.2) is 42.0 Å². The normalized spacial score (nSPS) is 15.6. The number of aryl methyl sites for hydroxylation is 1. The van der Waals surface area contributed by atoms with E-state index in [0.717, 1.165) is 34.3 Å². The zero-order valence-electron chi connectivity index (χ0n) is 19.5. The van der Waals surface area contributed by atoms with Crippen molar-refractivity contribution in [1.29, 1.82) is 0 Å². The molecule has 0 bridgehead atoms. The second-order valence-corrected chi connectivity index (χ2v) is 9.66. The van der Waals surface area contributed by atoms with Crippen molar-refractivity contribution in [1.82, 2.24) is 15.2 Å². The van der Waals surface area contributed by atoms with Gasteiger partial charge in [0.15, 0.2) is 0 Å². The van der Waals surface area contributed by atoms with Gasteiger partial charge in [0.1, 0.15) is 11.4 Å². The van der Waals surface area contributed by atoms with Crippen molar-refractivity contribution in [2.45, 2.75) is 45.6 Å². The number of hydrogen-bond donors (Lipinski definition) is 1. The summed E-state index contributed by atoms with van der Waals surface area (Å²) in [5.41, 5.74) is 2.76. The number of ether oxygens (including phenoxy) is 1. The van der Waals surface area contributed by atoms with Crippen molar-refractivity contribution in [3.63, 3.8) is 0 Å². The maximum atomic E-state index is 13.3. The maximum Gasteiger partial charge on any atom is 0.271 e. The fraction of sp³-hybridized carbons (Fsp3) is 0.407. The quantitative estimate of drug-likeness (QED) is 0.454. The summed E-state index contributed by atoms with van der Waals surface area (Å²) in [6.45, 7) is 7.26. The standard InChI is InChI=1S/C27H33N3O2S/c1-3-32-23-15-13-21(14-16-23)24(30-17-9-4-5-10-18-30)19-28-27(31)25-26(33-20(2)29-25)22-11-7-6-8-12-22/h6-8,11-16,24H,3-5,9-10,17-19H2,1-2H3,(H,28,31). The molecule has 6 heteroatoms. The summed E-state index contributed by atoms with van der Waals surface area (Å²) in [5.74, 6) is 0.773. The van der Waals surface area contributed by atoms with E-state index in [0.29, 0.717) is 18.8 Å². The molecule has 3 aromatic rings. The van der Waals surface area contributed by atoms with Crippen LogP contribution in [0.15, 0.2) is 54.6 Å². The molecule has 1 N–H and O–H groups in total. The highest BCUT2D eigenvalue weighted by molar-refractivity contribution is 7.15. The lowest BCUT2D eigenvalue weighted by molar-refractivity contribution is 0.0929. The van der Waals surface area contributed by atoms with Crippen LogP contribution in [0, 0.1) is 6.92 Å². The van der Waals surface area contributed by atoms with Crippen LogP contribution >= 0.6 is 11.3 Å².